The van der Waals surface area contributed by atoms with Crippen molar-refractivity contribution in [2.75, 3.05) is 25.0 Å². The summed E-state index contributed by atoms with van der Waals surface area (Å²) in [5, 5.41) is 3.74. The summed E-state index contributed by atoms with van der Waals surface area (Å²) in [6.45, 7) is 5.32. The number of likely N-dealkylation sites (tertiary alicyclic amines) is 1. The van der Waals surface area contributed by atoms with Crippen LogP contribution < -0.4 is 5.32 Å². The summed E-state index contributed by atoms with van der Waals surface area (Å²) >= 11 is 12.2. The first-order chi connectivity index (χ1) is 14.4. The number of carbonyl (C=O) groups is 1. The molecular formula is C23H28Cl2FN3O. The van der Waals surface area contributed by atoms with E-state index in [9.17, 15) is 9.18 Å². The Hall–Kier alpha value is -1.82. The van der Waals surface area contributed by atoms with Crippen LogP contribution in [-0.2, 0) is 6.54 Å². The summed E-state index contributed by atoms with van der Waals surface area (Å²) < 4.78 is 13.5. The fourth-order valence-corrected chi connectivity index (χ4v) is 4.15. The van der Waals surface area contributed by atoms with Gasteiger partial charge in [0.25, 0.3) is 0 Å². The molecule has 2 aromatic carbocycles. The Labute approximate surface area is 188 Å². The van der Waals surface area contributed by atoms with E-state index >= 15 is 0 Å². The maximum absolute atomic E-state index is 13.5. The number of amides is 2. The molecule has 1 unspecified atom stereocenters. The van der Waals surface area contributed by atoms with Gasteiger partial charge in [0, 0.05) is 31.4 Å². The Morgan fingerprint density at radius 1 is 1.20 bits per heavy atom. The average Bonchev–Trinajstić information content (AvgIpc) is 2.71. The summed E-state index contributed by atoms with van der Waals surface area (Å²) in [4.78, 5) is 17.2. The minimum absolute atomic E-state index is 0.265. The second kappa shape index (κ2) is 11.0. The van der Waals surface area contributed by atoms with E-state index in [1.165, 1.54) is 31.4 Å². The number of halogens is 3. The van der Waals surface area contributed by atoms with Crippen molar-refractivity contribution in [2.24, 2.45) is 0 Å². The van der Waals surface area contributed by atoms with E-state index in [4.69, 9.17) is 23.2 Å². The van der Waals surface area contributed by atoms with E-state index in [0.717, 1.165) is 25.1 Å². The van der Waals surface area contributed by atoms with Gasteiger partial charge in [-0.25, -0.2) is 9.18 Å². The topological polar surface area (TPSA) is 35.6 Å². The summed E-state index contributed by atoms with van der Waals surface area (Å²) in [5.41, 5.74) is 1.33. The standard InChI is InChI=1S/C23H28Cl2FN3O/c1-17-6-2-3-11-28(17)12-5-13-29(16-18-9-10-21(24)22(25)14-18)23(30)27-20-8-4-7-19(26)15-20/h4,7-10,14-15,17H,2-3,5-6,11-13,16H2,1H3,(H,27,30). The van der Waals surface area contributed by atoms with E-state index in [-0.39, 0.29) is 11.8 Å². The minimum atomic E-state index is -0.386. The number of hydrogen-bond acceptors (Lipinski definition) is 2. The number of hydrogen-bond donors (Lipinski definition) is 1. The van der Waals surface area contributed by atoms with Gasteiger partial charge >= 0.3 is 6.03 Å². The zero-order chi connectivity index (χ0) is 21.5. The van der Waals surface area contributed by atoms with E-state index < -0.39 is 0 Å². The number of carbonyl (C=O) groups excluding carboxylic acids is 1. The lowest BCUT2D eigenvalue weighted by atomic mass is 10.0. The minimum Gasteiger partial charge on any atom is -0.320 e. The largest absolute Gasteiger partial charge is 0.322 e. The molecule has 1 N–H and O–H groups in total. The van der Waals surface area contributed by atoms with Crippen molar-refractivity contribution in [3.8, 4) is 0 Å². The smallest absolute Gasteiger partial charge is 0.320 e. The molecule has 1 aliphatic heterocycles. The highest BCUT2D eigenvalue weighted by Crippen LogP contribution is 2.24. The van der Waals surface area contributed by atoms with Crippen LogP contribution >= 0.6 is 23.2 Å². The molecule has 1 fully saturated rings. The molecular weight excluding hydrogens is 424 g/mol. The van der Waals surface area contributed by atoms with E-state index in [2.05, 4.69) is 17.1 Å². The van der Waals surface area contributed by atoms with Gasteiger partial charge in [0.1, 0.15) is 5.82 Å². The predicted octanol–water partition coefficient (Wildman–Crippen LogP) is 6.43. The lowest BCUT2D eigenvalue weighted by Crippen LogP contribution is -2.40. The summed E-state index contributed by atoms with van der Waals surface area (Å²) in [6, 6.07) is 11.6. The van der Waals surface area contributed by atoms with E-state index in [0.29, 0.717) is 34.9 Å². The number of urea groups is 1. The maximum atomic E-state index is 13.5. The first-order valence-electron chi connectivity index (χ1n) is 10.4. The van der Waals surface area contributed by atoms with E-state index in [1.807, 2.05) is 6.07 Å². The molecule has 4 nitrogen and oxygen atoms in total. The Morgan fingerprint density at radius 3 is 2.77 bits per heavy atom. The predicted molar refractivity (Wildman–Crippen MR) is 122 cm³/mol. The number of rotatable bonds is 7. The van der Waals surface area contributed by atoms with Crippen LogP contribution in [-0.4, -0.2) is 41.5 Å². The third-order valence-corrected chi connectivity index (χ3v) is 6.27. The fraction of sp³-hybridized carbons (Fsp3) is 0.435. The quantitative estimate of drug-likeness (QED) is 0.526. The first-order valence-corrected chi connectivity index (χ1v) is 11.2. The lowest BCUT2D eigenvalue weighted by Gasteiger charge is -2.34. The molecule has 0 radical (unpaired) electrons. The van der Waals surface area contributed by atoms with Crippen LogP contribution in [0.3, 0.4) is 0 Å². The van der Waals surface area contributed by atoms with Gasteiger partial charge in [-0.2, -0.15) is 0 Å². The molecule has 1 saturated heterocycles. The molecule has 0 bridgehead atoms. The monoisotopic (exact) mass is 451 g/mol. The van der Waals surface area contributed by atoms with Crippen LogP contribution in [0.25, 0.3) is 0 Å². The fourth-order valence-electron chi connectivity index (χ4n) is 3.83. The van der Waals surface area contributed by atoms with Crippen LogP contribution in [0.1, 0.15) is 38.2 Å². The molecule has 162 valence electrons. The molecule has 1 aliphatic rings. The normalized spacial score (nSPS) is 17.0. The van der Waals surface area contributed by atoms with Gasteiger partial charge in [-0.15, -0.1) is 0 Å². The van der Waals surface area contributed by atoms with Gasteiger partial charge in [0.15, 0.2) is 0 Å². The maximum Gasteiger partial charge on any atom is 0.322 e. The molecule has 7 heteroatoms. The van der Waals surface area contributed by atoms with Crippen LogP contribution in [0.4, 0.5) is 14.9 Å². The molecule has 1 atom stereocenters. The van der Waals surface area contributed by atoms with Crippen molar-refractivity contribution in [2.45, 2.75) is 45.2 Å². The highest BCUT2D eigenvalue weighted by molar-refractivity contribution is 6.42. The number of piperidine rings is 1. The Kier molecular flexibility index (Phi) is 8.37. The number of benzene rings is 2. The van der Waals surface area contributed by atoms with Crippen molar-refractivity contribution >= 4 is 34.9 Å². The van der Waals surface area contributed by atoms with Gasteiger partial charge in [-0.3, -0.25) is 0 Å². The van der Waals surface area contributed by atoms with Gasteiger partial charge in [0.05, 0.1) is 10.0 Å². The zero-order valence-corrected chi connectivity index (χ0v) is 18.7. The van der Waals surface area contributed by atoms with Crippen LogP contribution in [0.2, 0.25) is 10.0 Å². The van der Waals surface area contributed by atoms with Crippen molar-refractivity contribution in [3.05, 3.63) is 63.9 Å². The summed E-state index contributed by atoms with van der Waals surface area (Å²) in [6.07, 6.45) is 4.61. The number of nitrogens with one attached hydrogen (secondary N) is 1. The lowest BCUT2D eigenvalue weighted by molar-refractivity contribution is 0.150. The average molecular weight is 452 g/mol. The van der Waals surface area contributed by atoms with E-state index in [1.54, 1.807) is 29.2 Å². The summed E-state index contributed by atoms with van der Waals surface area (Å²) in [5.74, 6) is -0.386. The first kappa shape index (κ1) is 22.9. The molecule has 2 amide bonds. The van der Waals surface area contributed by atoms with Gasteiger partial charge in [-0.1, -0.05) is 41.8 Å². The molecule has 30 heavy (non-hydrogen) atoms. The molecule has 1 heterocycles. The van der Waals surface area contributed by atoms with Crippen molar-refractivity contribution < 1.29 is 9.18 Å². The van der Waals surface area contributed by atoms with Crippen LogP contribution in [0.5, 0.6) is 0 Å². The molecule has 2 aromatic rings. The Morgan fingerprint density at radius 2 is 2.03 bits per heavy atom. The van der Waals surface area contributed by atoms with Crippen LogP contribution in [0.15, 0.2) is 42.5 Å². The van der Waals surface area contributed by atoms with Crippen LogP contribution in [0, 0.1) is 5.82 Å². The van der Waals surface area contributed by atoms with Crippen molar-refractivity contribution in [1.29, 1.82) is 0 Å². The Bertz CT molecular complexity index is 864. The third-order valence-electron chi connectivity index (χ3n) is 5.53. The number of nitrogens with zero attached hydrogens (tertiary/aromatic N) is 2. The summed E-state index contributed by atoms with van der Waals surface area (Å²) in [7, 11) is 0. The Balaban J connectivity index is 1.66. The third kappa shape index (κ3) is 6.59. The molecule has 0 saturated carbocycles. The van der Waals surface area contributed by atoms with Gasteiger partial charge in [-0.05, 0) is 68.6 Å². The highest BCUT2D eigenvalue weighted by Gasteiger charge is 2.19. The molecule has 3 rings (SSSR count). The van der Waals surface area contributed by atoms with Gasteiger partial charge < -0.3 is 15.1 Å². The number of anilines is 1. The van der Waals surface area contributed by atoms with Crippen molar-refractivity contribution in [3.63, 3.8) is 0 Å². The second-order valence-corrected chi connectivity index (χ2v) is 8.66. The molecule has 0 aromatic heterocycles. The van der Waals surface area contributed by atoms with Crippen molar-refractivity contribution in [1.82, 2.24) is 9.80 Å². The van der Waals surface area contributed by atoms with Gasteiger partial charge in [0.2, 0.25) is 0 Å². The zero-order valence-electron chi connectivity index (χ0n) is 17.2. The molecule has 0 spiro atoms. The highest BCUT2D eigenvalue weighted by atomic mass is 35.5. The SMILES string of the molecule is CC1CCCCN1CCCN(Cc1ccc(Cl)c(Cl)c1)C(=O)Nc1cccc(F)c1. The molecule has 0 aliphatic carbocycles. The second-order valence-electron chi connectivity index (χ2n) is 7.84.